The van der Waals surface area contributed by atoms with Gasteiger partial charge in [0.25, 0.3) is 0 Å². The molecule has 19 heavy (non-hydrogen) atoms. The lowest BCUT2D eigenvalue weighted by Gasteiger charge is -2.13. The fourth-order valence-corrected chi connectivity index (χ4v) is 2.11. The van der Waals surface area contributed by atoms with Crippen molar-refractivity contribution in [2.75, 3.05) is 14.2 Å². The molecule has 2 rings (SSSR count). The Balaban J connectivity index is 2.62. The van der Waals surface area contributed by atoms with Crippen molar-refractivity contribution in [1.29, 1.82) is 0 Å². The van der Waals surface area contributed by atoms with E-state index >= 15 is 0 Å². The van der Waals surface area contributed by atoms with E-state index in [1.807, 2.05) is 24.3 Å². The summed E-state index contributed by atoms with van der Waals surface area (Å²) in [5, 5.41) is 0. The van der Waals surface area contributed by atoms with Crippen LogP contribution in [-0.2, 0) is 6.54 Å². The molecule has 2 N–H and O–H groups in total. The van der Waals surface area contributed by atoms with Gasteiger partial charge in [0.2, 0.25) is 0 Å². The molecule has 0 atom stereocenters. The molecule has 0 spiro atoms. The van der Waals surface area contributed by atoms with Crippen LogP contribution in [0.5, 0.6) is 11.5 Å². The topological polar surface area (TPSA) is 44.5 Å². The summed E-state index contributed by atoms with van der Waals surface area (Å²) < 4.78 is 10.7. The van der Waals surface area contributed by atoms with Crippen LogP contribution in [0.1, 0.15) is 11.1 Å². The maximum absolute atomic E-state index is 5.72. The number of methoxy groups -OCH3 is 2. The van der Waals surface area contributed by atoms with E-state index in [1.165, 1.54) is 5.56 Å². The number of benzene rings is 2. The largest absolute Gasteiger partial charge is 0.497 e. The molecular weight excluding hydrogens is 238 g/mol. The SMILES string of the molecule is COc1ccc(OC)c(-c2cc(CN)ccc2C)c1. The van der Waals surface area contributed by atoms with Gasteiger partial charge in [0.1, 0.15) is 11.5 Å². The first kappa shape index (κ1) is 13.4. The molecule has 0 saturated carbocycles. The Morgan fingerprint density at radius 1 is 0.947 bits per heavy atom. The molecule has 0 unspecified atom stereocenters. The van der Waals surface area contributed by atoms with Gasteiger partial charge in [-0.1, -0.05) is 12.1 Å². The summed E-state index contributed by atoms with van der Waals surface area (Å²) in [6.45, 7) is 2.61. The summed E-state index contributed by atoms with van der Waals surface area (Å²) in [6, 6.07) is 12.0. The van der Waals surface area contributed by atoms with Gasteiger partial charge in [0.05, 0.1) is 14.2 Å². The smallest absolute Gasteiger partial charge is 0.126 e. The van der Waals surface area contributed by atoms with Gasteiger partial charge in [0, 0.05) is 12.1 Å². The molecular formula is C16H19NO2. The molecule has 0 heterocycles. The van der Waals surface area contributed by atoms with E-state index in [0.29, 0.717) is 6.54 Å². The van der Waals surface area contributed by atoms with Gasteiger partial charge in [-0.25, -0.2) is 0 Å². The minimum Gasteiger partial charge on any atom is -0.497 e. The Morgan fingerprint density at radius 3 is 2.37 bits per heavy atom. The molecule has 0 amide bonds. The highest BCUT2D eigenvalue weighted by molar-refractivity contribution is 5.75. The van der Waals surface area contributed by atoms with Gasteiger partial charge >= 0.3 is 0 Å². The van der Waals surface area contributed by atoms with Crippen molar-refractivity contribution in [2.24, 2.45) is 5.73 Å². The van der Waals surface area contributed by atoms with Crippen LogP contribution in [-0.4, -0.2) is 14.2 Å². The van der Waals surface area contributed by atoms with E-state index in [0.717, 1.165) is 28.2 Å². The molecule has 2 aromatic carbocycles. The Labute approximate surface area is 114 Å². The molecule has 0 fully saturated rings. The van der Waals surface area contributed by atoms with Gasteiger partial charge in [0.15, 0.2) is 0 Å². The Morgan fingerprint density at radius 2 is 1.74 bits per heavy atom. The monoisotopic (exact) mass is 257 g/mol. The highest BCUT2D eigenvalue weighted by Crippen LogP contribution is 2.35. The number of rotatable bonds is 4. The maximum atomic E-state index is 5.72. The summed E-state index contributed by atoms with van der Waals surface area (Å²) >= 11 is 0. The lowest BCUT2D eigenvalue weighted by atomic mass is 9.97. The van der Waals surface area contributed by atoms with Gasteiger partial charge in [-0.15, -0.1) is 0 Å². The van der Waals surface area contributed by atoms with Crippen molar-refractivity contribution in [3.8, 4) is 22.6 Å². The van der Waals surface area contributed by atoms with Gasteiger partial charge in [-0.05, 0) is 47.9 Å². The number of nitrogens with two attached hydrogens (primary N) is 1. The standard InChI is InChI=1S/C16H19NO2/c1-11-4-5-12(10-17)8-14(11)15-9-13(18-2)6-7-16(15)19-3/h4-9H,10,17H2,1-3H3. The van der Waals surface area contributed by atoms with Crippen molar-refractivity contribution in [3.63, 3.8) is 0 Å². The highest BCUT2D eigenvalue weighted by Gasteiger charge is 2.10. The van der Waals surface area contributed by atoms with E-state index in [4.69, 9.17) is 15.2 Å². The second-order valence-corrected chi connectivity index (χ2v) is 4.42. The van der Waals surface area contributed by atoms with Crippen molar-refractivity contribution in [3.05, 3.63) is 47.5 Å². The average molecular weight is 257 g/mol. The van der Waals surface area contributed by atoms with Crippen LogP contribution in [0, 0.1) is 6.92 Å². The number of aryl methyl sites for hydroxylation is 1. The average Bonchev–Trinajstić information content (AvgIpc) is 2.47. The Bertz CT molecular complexity index is 579. The first-order valence-corrected chi connectivity index (χ1v) is 6.21. The zero-order valence-electron chi connectivity index (χ0n) is 11.6. The molecule has 0 aliphatic rings. The quantitative estimate of drug-likeness (QED) is 0.915. The van der Waals surface area contributed by atoms with Crippen molar-refractivity contribution in [1.82, 2.24) is 0 Å². The van der Waals surface area contributed by atoms with Crippen LogP contribution in [0.4, 0.5) is 0 Å². The minimum atomic E-state index is 0.527. The van der Waals surface area contributed by atoms with Crippen molar-refractivity contribution >= 4 is 0 Å². The van der Waals surface area contributed by atoms with Crippen LogP contribution in [0.15, 0.2) is 36.4 Å². The molecule has 0 aliphatic carbocycles. The normalized spacial score (nSPS) is 10.3. The van der Waals surface area contributed by atoms with Gasteiger partial charge in [-0.2, -0.15) is 0 Å². The van der Waals surface area contributed by atoms with Crippen LogP contribution < -0.4 is 15.2 Å². The second kappa shape index (κ2) is 5.76. The van der Waals surface area contributed by atoms with Crippen molar-refractivity contribution < 1.29 is 9.47 Å². The van der Waals surface area contributed by atoms with E-state index in [2.05, 4.69) is 19.1 Å². The summed E-state index contributed by atoms with van der Waals surface area (Å²) in [4.78, 5) is 0. The molecule has 100 valence electrons. The molecule has 0 aromatic heterocycles. The third-order valence-electron chi connectivity index (χ3n) is 3.23. The van der Waals surface area contributed by atoms with E-state index < -0.39 is 0 Å². The van der Waals surface area contributed by atoms with E-state index in [9.17, 15) is 0 Å². The maximum Gasteiger partial charge on any atom is 0.126 e. The summed E-state index contributed by atoms with van der Waals surface area (Å²) in [6.07, 6.45) is 0. The Kier molecular flexibility index (Phi) is 4.07. The predicted octanol–water partition coefficient (Wildman–Crippen LogP) is 3.14. The summed E-state index contributed by atoms with van der Waals surface area (Å²) in [5.74, 6) is 1.64. The zero-order chi connectivity index (χ0) is 13.8. The predicted molar refractivity (Wildman–Crippen MR) is 77.6 cm³/mol. The first-order valence-electron chi connectivity index (χ1n) is 6.21. The lowest BCUT2D eigenvalue weighted by Crippen LogP contribution is -1.98. The zero-order valence-corrected chi connectivity index (χ0v) is 11.6. The minimum absolute atomic E-state index is 0.527. The molecule has 0 aliphatic heterocycles. The van der Waals surface area contributed by atoms with Crippen LogP contribution >= 0.6 is 0 Å². The molecule has 3 heteroatoms. The van der Waals surface area contributed by atoms with Crippen LogP contribution in [0.3, 0.4) is 0 Å². The van der Waals surface area contributed by atoms with Gasteiger partial charge in [-0.3, -0.25) is 0 Å². The fourth-order valence-electron chi connectivity index (χ4n) is 2.11. The third kappa shape index (κ3) is 2.71. The Hall–Kier alpha value is -2.00. The number of hydrogen-bond donors (Lipinski definition) is 1. The molecule has 2 aromatic rings. The fraction of sp³-hybridized carbons (Fsp3) is 0.250. The summed E-state index contributed by atoms with van der Waals surface area (Å²) in [5.41, 5.74) is 10.2. The highest BCUT2D eigenvalue weighted by atomic mass is 16.5. The van der Waals surface area contributed by atoms with Crippen LogP contribution in [0.25, 0.3) is 11.1 Å². The summed E-state index contributed by atoms with van der Waals surface area (Å²) in [7, 11) is 3.34. The number of hydrogen-bond acceptors (Lipinski definition) is 3. The van der Waals surface area contributed by atoms with Crippen LogP contribution in [0.2, 0.25) is 0 Å². The molecule has 0 bridgehead atoms. The van der Waals surface area contributed by atoms with Crippen molar-refractivity contribution in [2.45, 2.75) is 13.5 Å². The second-order valence-electron chi connectivity index (χ2n) is 4.42. The third-order valence-corrected chi connectivity index (χ3v) is 3.23. The van der Waals surface area contributed by atoms with E-state index in [1.54, 1.807) is 14.2 Å². The first-order chi connectivity index (χ1) is 9.19. The number of ether oxygens (including phenoxy) is 2. The van der Waals surface area contributed by atoms with Gasteiger partial charge < -0.3 is 15.2 Å². The molecule has 0 saturated heterocycles. The molecule has 3 nitrogen and oxygen atoms in total. The van der Waals surface area contributed by atoms with E-state index in [-0.39, 0.29) is 0 Å². The molecule has 0 radical (unpaired) electrons. The lowest BCUT2D eigenvalue weighted by molar-refractivity contribution is 0.404.